The van der Waals surface area contributed by atoms with E-state index in [1.807, 2.05) is 11.3 Å². The van der Waals surface area contributed by atoms with E-state index in [0.29, 0.717) is 5.41 Å². The molecule has 12 heavy (non-hydrogen) atoms. The molecule has 1 aromatic rings. The van der Waals surface area contributed by atoms with Crippen molar-refractivity contribution in [3.63, 3.8) is 0 Å². The summed E-state index contributed by atoms with van der Waals surface area (Å²) in [6.45, 7) is 6.83. The number of hydrogen-bond donors (Lipinski definition) is 1. The second-order valence-electron chi connectivity index (χ2n) is 3.78. The van der Waals surface area contributed by atoms with E-state index in [0.717, 1.165) is 13.1 Å². The average molecular weight is 181 g/mol. The molecule has 1 nitrogen and oxygen atoms in total. The Bertz CT molecular complexity index is 279. The van der Waals surface area contributed by atoms with E-state index in [-0.39, 0.29) is 0 Å². The topological polar surface area (TPSA) is 12.0 Å². The zero-order valence-electron chi connectivity index (χ0n) is 7.68. The number of rotatable bonds is 1. The van der Waals surface area contributed by atoms with Crippen molar-refractivity contribution in [3.05, 3.63) is 21.9 Å². The lowest BCUT2D eigenvalue weighted by Crippen LogP contribution is -2.39. The Hall–Kier alpha value is -0.340. The van der Waals surface area contributed by atoms with Gasteiger partial charge >= 0.3 is 0 Å². The average Bonchev–Trinajstić information content (AvgIpc) is 2.54. The van der Waals surface area contributed by atoms with Crippen LogP contribution in [0.1, 0.15) is 30.7 Å². The van der Waals surface area contributed by atoms with Crippen LogP contribution in [-0.4, -0.2) is 6.54 Å². The lowest BCUT2D eigenvalue weighted by Gasteiger charge is -2.33. The van der Waals surface area contributed by atoms with Crippen LogP contribution < -0.4 is 5.32 Å². The first kappa shape index (κ1) is 8.27. The van der Waals surface area contributed by atoms with Crippen molar-refractivity contribution in [2.24, 2.45) is 0 Å². The Kier molecular flexibility index (Phi) is 1.97. The Labute approximate surface area is 77.8 Å². The van der Waals surface area contributed by atoms with E-state index in [4.69, 9.17) is 0 Å². The third-order valence-electron chi connectivity index (χ3n) is 2.98. The lowest BCUT2D eigenvalue weighted by molar-refractivity contribution is 0.392. The van der Waals surface area contributed by atoms with Gasteiger partial charge in [-0.15, -0.1) is 11.3 Å². The Morgan fingerprint density at radius 2 is 2.50 bits per heavy atom. The quantitative estimate of drug-likeness (QED) is 0.702. The van der Waals surface area contributed by atoms with Crippen molar-refractivity contribution in [3.8, 4) is 0 Å². The zero-order chi connectivity index (χ0) is 8.60. The van der Waals surface area contributed by atoms with Gasteiger partial charge in [0.05, 0.1) is 0 Å². The fourth-order valence-corrected chi connectivity index (χ4v) is 2.87. The molecule has 2 heterocycles. The normalized spacial score (nSPS) is 28.5. The van der Waals surface area contributed by atoms with Crippen LogP contribution in [0.15, 0.2) is 11.4 Å². The molecule has 1 aromatic heterocycles. The molecule has 0 amide bonds. The summed E-state index contributed by atoms with van der Waals surface area (Å²) in [4.78, 5) is 1.53. The van der Waals surface area contributed by atoms with E-state index < -0.39 is 0 Å². The van der Waals surface area contributed by atoms with Crippen LogP contribution in [0, 0.1) is 0 Å². The maximum Gasteiger partial charge on any atom is 0.0303 e. The van der Waals surface area contributed by atoms with Gasteiger partial charge in [0.2, 0.25) is 0 Å². The highest BCUT2D eigenvalue weighted by atomic mass is 32.1. The standard InChI is InChI=1S/C10H15NS/c1-3-10(2)7-11-6-9-8(10)4-5-12-9/h4-5,11H,3,6-7H2,1-2H3. The molecule has 1 N–H and O–H groups in total. The predicted molar refractivity (Wildman–Crippen MR) is 53.7 cm³/mol. The van der Waals surface area contributed by atoms with Crippen molar-refractivity contribution >= 4 is 11.3 Å². The van der Waals surface area contributed by atoms with Gasteiger partial charge in [-0.1, -0.05) is 13.8 Å². The minimum Gasteiger partial charge on any atom is -0.311 e. The first-order chi connectivity index (χ1) is 5.76. The van der Waals surface area contributed by atoms with Gasteiger partial charge in [0.15, 0.2) is 0 Å². The van der Waals surface area contributed by atoms with Crippen LogP contribution >= 0.6 is 11.3 Å². The maximum atomic E-state index is 3.48. The van der Waals surface area contributed by atoms with Crippen molar-refractivity contribution in [1.29, 1.82) is 0 Å². The van der Waals surface area contributed by atoms with E-state index in [1.54, 1.807) is 5.56 Å². The van der Waals surface area contributed by atoms with Crippen LogP contribution in [0.4, 0.5) is 0 Å². The highest BCUT2D eigenvalue weighted by Gasteiger charge is 2.30. The lowest BCUT2D eigenvalue weighted by atomic mass is 9.78. The molecule has 0 aromatic carbocycles. The second kappa shape index (κ2) is 2.86. The summed E-state index contributed by atoms with van der Waals surface area (Å²) in [6, 6.07) is 2.30. The number of hydrogen-bond acceptors (Lipinski definition) is 2. The second-order valence-corrected chi connectivity index (χ2v) is 4.78. The molecule has 1 atom stereocenters. The molecule has 0 saturated heterocycles. The van der Waals surface area contributed by atoms with Crippen molar-refractivity contribution < 1.29 is 0 Å². The summed E-state index contributed by atoms with van der Waals surface area (Å²) in [6.07, 6.45) is 1.23. The van der Waals surface area contributed by atoms with Crippen LogP contribution in [0.25, 0.3) is 0 Å². The summed E-state index contributed by atoms with van der Waals surface area (Å²) in [7, 11) is 0. The highest BCUT2D eigenvalue weighted by molar-refractivity contribution is 7.10. The van der Waals surface area contributed by atoms with Crippen LogP contribution in [0.5, 0.6) is 0 Å². The largest absolute Gasteiger partial charge is 0.311 e. The van der Waals surface area contributed by atoms with Gasteiger partial charge in [-0.25, -0.2) is 0 Å². The molecule has 1 aliphatic rings. The van der Waals surface area contributed by atoms with E-state index in [1.165, 1.54) is 11.3 Å². The number of nitrogens with one attached hydrogen (secondary N) is 1. The molecule has 0 saturated carbocycles. The minimum atomic E-state index is 0.383. The molecule has 0 radical (unpaired) electrons. The monoisotopic (exact) mass is 181 g/mol. The maximum absolute atomic E-state index is 3.48. The van der Waals surface area contributed by atoms with Crippen molar-refractivity contribution in [1.82, 2.24) is 5.32 Å². The summed E-state index contributed by atoms with van der Waals surface area (Å²) in [5, 5.41) is 5.69. The zero-order valence-corrected chi connectivity index (χ0v) is 8.50. The van der Waals surface area contributed by atoms with Crippen molar-refractivity contribution in [2.45, 2.75) is 32.2 Å². The molecule has 2 rings (SSSR count). The molecule has 0 fully saturated rings. The highest BCUT2D eigenvalue weighted by Crippen LogP contribution is 2.35. The Morgan fingerprint density at radius 1 is 1.67 bits per heavy atom. The molecule has 0 spiro atoms. The SMILES string of the molecule is CCC1(C)CNCc2sccc21. The number of thiophene rings is 1. The predicted octanol–water partition coefficient (Wildman–Crippen LogP) is 2.52. The van der Waals surface area contributed by atoms with Gasteiger partial charge in [-0.05, 0) is 23.4 Å². The van der Waals surface area contributed by atoms with Crippen molar-refractivity contribution in [2.75, 3.05) is 6.54 Å². The Morgan fingerprint density at radius 3 is 3.25 bits per heavy atom. The van der Waals surface area contributed by atoms with Crippen LogP contribution in [0.3, 0.4) is 0 Å². The number of fused-ring (bicyclic) bond motifs is 1. The fourth-order valence-electron chi connectivity index (χ4n) is 1.88. The van der Waals surface area contributed by atoms with E-state index in [9.17, 15) is 0 Å². The third kappa shape index (κ3) is 1.10. The van der Waals surface area contributed by atoms with E-state index >= 15 is 0 Å². The van der Waals surface area contributed by atoms with Crippen LogP contribution in [0.2, 0.25) is 0 Å². The molecule has 0 aliphatic carbocycles. The first-order valence-electron chi connectivity index (χ1n) is 4.54. The summed E-state index contributed by atoms with van der Waals surface area (Å²) in [5.41, 5.74) is 1.96. The molecule has 2 heteroatoms. The van der Waals surface area contributed by atoms with Gasteiger partial charge < -0.3 is 5.32 Å². The Balaban J connectivity index is 2.44. The fraction of sp³-hybridized carbons (Fsp3) is 0.600. The van der Waals surface area contributed by atoms with Gasteiger partial charge in [0.1, 0.15) is 0 Å². The summed E-state index contributed by atoms with van der Waals surface area (Å²) >= 11 is 1.88. The summed E-state index contributed by atoms with van der Waals surface area (Å²) < 4.78 is 0. The third-order valence-corrected chi connectivity index (χ3v) is 3.90. The first-order valence-corrected chi connectivity index (χ1v) is 5.42. The van der Waals surface area contributed by atoms with Gasteiger partial charge in [0.25, 0.3) is 0 Å². The van der Waals surface area contributed by atoms with Gasteiger partial charge in [0, 0.05) is 23.4 Å². The van der Waals surface area contributed by atoms with Crippen LogP contribution in [-0.2, 0) is 12.0 Å². The molecular formula is C10H15NS. The van der Waals surface area contributed by atoms with Gasteiger partial charge in [-0.2, -0.15) is 0 Å². The molecular weight excluding hydrogens is 166 g/mol. The molecule has 0 bridgehead atoms. The van der Waals surface area contributed by atoms with Gasteiger partial charge in [-0.3, -0.25) is 0 Å². The van der Waals surface area contributed by atoms with E-state index in [2.05, 4.69) is 30.6 Å². The smallest absolute Gasteiger partial charge is 0.0303 e. The molecule has 1 aliphatic heterocycles. The minimum absolute atomic E-state index is 0.383. The molecule has 66 valence electrons. The molecule has 1 unspecified atom stereocenters. The summed E-state index contributed by atoms with van der Waals surface area (Å²) in [5.74, 6) is 0.